The van der Waals surface area contributed by atoms with Crippen molar-refractivity contribution >= 4 is 40.3 Å². The number of halogens is 2. The molecule has 0 unspecified atom stereocenters. The lowest BCUT2D eigenvalue weighted by atomic mass is 10.3. The number of para-hydroxylation sites is 1. The Morgan fingerprint density at radius 2 is 1.73 bits per heavy atom. The first kappa shape index (κ1) is 10.5. The van der Waals surface area contributed by atoms with E-state index in [1.165, 1.54) is 10.9 Å². The third kappa shape index (κ3) is 1.98. The average molecular weight is 235 g/mol. The van der Waals surface area contributed by atoms with Gasteiger partial charge in [-0.25, -0.2) is 0 Å². The number of nitrogens with one attached hydrogen (secondary N) is 1. The van der Waals surface area contributed by atoms with E-state index < -0.39 is 0 Å². The summed E-state index contributed by atoms with van der Waals surface area (Å²) in [5.74, 6) is 0. The van der Waals surface area contributed by atoms with Crippen LogP contribution in [0, 0.1) is 0 Å². The molecule has 1 N–H and O–H groups in total. The Bertz CT molecular complexity index is 288. The summed E-state index contributed by atoms with van der Waals surface area (Å²) in [6, 6.07) is 10.3. The normalized spacial score (nSPS) is 8.36. The topological polar surface area (TPSA) is 15.8 Å². The molecule has 2 aromatic rings. The first-order chi connectivity index (χ1) is 4.47. The van der Waals surface area contributed by atoms with Gasteiger partial charge in [0, 0.05) is 11.7 Å². The van der Waals surface area contributed by atoms with Crippen LogP contribution in [0.2, 0.25) is 0 Å². The van der Waals surface area contributed by atoms with Crippen LogP contribution in [0.25, 0.3) is 10.9 Å². The van der Waals surface area contributed by atoms with Crippen LogP contribution in [0.1, 0.15) is 0 Å². The molecular formula is C8H9BrClN. The van der Waals surface area contributed by atoms with Gasteiger partial charge in [-0.1, -0.05) is 18.2 Å². The molecule has 1 aromatic carbocycles. The molecule has 0 saturated carbocycles. The fraction of sp³-hybridized carbons (Fsp3) is 0. The molecule has 0 spiro atoms. The van der Waals surface area contributed by atoms with Gasteiger partial charge >= 0.3 is 0 Å². The summed E-state index contributed by atoms with van der Waals surface area (Å²) in [5, 5.41) is 1.28. The van der Waals surface area contributed by atoms with Crippen LogP contribution in [0.4, 0.5) is 0 Å². The van der Waals surface area contributed by atoms with Gasteiger partial charge in [0.2, 0.25) is 0 Å². The standard InChI is InChI=1S/C8H7N.BrH.ClH/c1-2-4-8-7(3-1)5-6-9-8;;/h1-6,9H;2*1H. The van der Waals surface area contributed by atoms with Gasteiger partial charge in [-0.05, 0) is 17.5 Å². The number of hydrogen-bond donors (Lipinski definition) is 1. The van der Waals surface area contributed by atoms with Crippen LogP contribution >= 0.6 is 29.4 Å². The Labute approximate surface area is 82.0 Å². The number of aromatic nitrogens is 1. The van der Waals surface area contributed by atoms with Crippen molar-refractivity contribution in [1.29, 1.82) is 0 Å². The zero-order valence-corrected chi connectivity index (χ0v) is 8.31. The number of rotatable bonds is 0. The van der Waals surface area contributed by atoms with Gasteiger partial charge in [-0.2, -0.15) is 0 Å². The lowest BCUT2D eigenvalue weighted by molar-refractivity contribution is 1.48. The number of hydrogen-bond acceptors (Lipinski definition) is 0. The highest BCUT2D eigenvalue weighted by molar-refractivity contribution is 8.93. The summed E-state index contributed by atoms with van der Waals surface area (Å²) in [7, 11) is 0. The van der Waals surface area contributed by atoms with Crippen molar-refractivity contribution in [2.75, 3.05) is 0 Å². The van der Waals surface area contributed by atoms with E-state index in [2.05, 4.69) is 23.2 Å². The van der Waals surface area contributed by atoms with E-state index in [1.54, 1.807) is 0 Å². The van der Waals surface area contributed by atoms with Crippen LogP contribution in [0.5, 0.6) is 0 Å². The molecule has 0 aliphatic rings. The third-order valence-corrected chi connectivity index (χ3v) is 1.46. The predicted molar refractivity (Wildman–Crippen MR) is 55.9 cm³/mol. The van der Waals surface area contributed by atoms with Crippen LogP contribution in [0.3, 0.4) is 0 Å². The highest BCUT2D eigenvalue weighted by Crippen LogP contribution is 2.09. The van der Waals surface area contributed by atoms with E-state index in [-0.39, 0.29) is 29.4 Å². The summed E-state index contributed by atoms with van der Waals surface area (Å²) in [6.07, 6.45) is 1.95. The van der Waals surface area contributed by atoms with E-state index in [0.717, 1.165) is 0 Å². The Hall–Kier alpha value is -0.470. The smallest absolute Gasteiger partial charge is 0.0453 e. The van der Waals surface area contributed by atoms with Crippen LogP contribution in [-0.2, 0) is 0 Å². The second-order valence-corrected chi connectivity index (χ2v) is 2.06. The second-order valence-electron chi connectivity index (χ2n) is 2.06. The quantitative estimate of drug-likeness (QED) is 0.721. The average Bonchev–Trinajstić information content (AvgIpc) is 2.33. The molecule has 11 heavy (non-hydrogen) atoms. The van der Waals surface area contributed by atoms with Gasteiger partial charge in [-0.15, -0.1) is 29.4 Å². The first-order valence-corrected chi connectivity index (χ1v) is 2.99. The van der Waals surface area contributed by atoms with Gasteiger partial charge in [0.05, 0.1) is 0 Å². The largest absolute Gasteiger partial charge is 0.361 e. The van der Waals surface area contributed by atoms with Crippen molar-refractivity contribution < 1.29 is 0 Å². The molecule has 1 heterocycles. The third-order valence-electron chi connectivity index (χ3n) is 1.46. The Balaban J connectivity index is 0.000000500. The number of benzene rings is 1. The van der Waals surface area contributed by atoms with Crippen molar-refractivity contribution in [2.45, 2.75) is 0 Å². The minimum atomic E-state index is 0. The van der Waals surface area contributed by atoms with Crippen molar-refractivity contribution in [3.05, 3.63) is 36.5 Å². The van der Waals surface area contributed by atoms with Gasteiger partial charge in [-0.3, -0.25) is 0 Å². The minimum Gasteiger partial charge on any atom is -0.361 e. The molecule has 0 aliphatic carbocycles. The van der Waals surface area contributed by atoms with Crippen LogP contribution in [0.15, 0.2) is 36.5 Å². The van der Waals surface area contributed by atoms with Crippen molar-refractivity contribution in [2.24, 2.45) is 0 Å². The zero-order valence-electron chi connectivity index (χ0n) is 5.78. The first-order valence-electron chi connectivity index (χ1n) is 2.99. The molecule has 0 fully saturated rings. The maximum Gasteiger partial charge on any atom is 0.0453 e. The SMILES string of the molecule is Br.Cl.c1ccc2[nH]ccc2c1. The molecule has 0 radical (unpaired) electrons. The summed E-state index contributed by atoms with van der Waals surface area (Å²) in [4.78, 5) is 3.12. The molecule has 0 bridgehead atoms. The summed E-state index contributed by atoms with van der Waals surface area (Å²) in [6.45, 7) is 0. The van der Waals surface area contributed by atoms with Gasteiger partial charge in [0.15, 0.2) is 0 Å². The van der Waals surface area contributed by atoms with Crippen LogP contribution < -0.4 is 0 Å². The molecule has 0 atom stereocenters. The maximum absolute atomic E-state index is 3.12. The van der Waals surface area contributed by atoms with Crippen molar-refractivity contribution in [1.82, 2.24) is 4.98 Å². The van der Waals surface area contributed by atoms with E-state index >= 15 is 0 Å². The van der Waals surface area contributed by atoms with Gasteiger partial charge in [0.1, 0.15) is 0 Å². The van der Waals surface area contributed by atoms with Crippen molar-refractivity contribution in [3.63, 3.8) is 0 Å². The molecule has 2 rings (SSSR count). The fourth-order valence-electron chi connectivity index (χ4n) is 0.995. The number of fused-ring (bicyclic) bond motifs is 1. The second kappa shape index (κ2) is 4.42. The molecule has 1 aromatic heterocycles. The highest BCUT2D eigenvalue weighted by atomic mass is 79.9. The summed E-state index contributed by atoms with van der Waals surface area (Å²) in [5.41, 5.74) is 1.21. The molecule has 0 amide bonds. The van der Waals surface area contributed by atoms with E-state index in [9.17, 15) is 0 Å². The predicted octanol–water partition coefficient (Wildman–Crippen LogP) is 3.17. The van der Waals surface area contributed by atoms with Gasteiger partial charge < -0.3 is 4.98 Å². The monoisotopic (exact) mass is 233 g/mol. The Morgan fingerprint density at radius 3 is 2.45 bits per heavy atom. The Kier molecular flexibility index (Phi) is 4.23. The van der Waals surface area contributed by atoms with E-state index in [0.29, 0.717) is 0 Å². The highest BCUT2D eigenvalue weighted by Gasteiger charge is 1.86. The fourth-order valence-corrected chi connectivity index (χ4v) is 0.995. The number of H-pyrrole nitrogens is 1. The van der Waals surface area contributed by atoms with Crippen LogP contribution in [-0.4, -0.2) is 4.98 Å². The number of aromatic amines is 1. The zero-order chi connectivity index (χ0) is 6.10. The maximum atomic E-state index is 3.12. The molecule has 3 heteroatoms. The van der Waals surface area contributed by atoms with E-state index in [1.807, 2.05) is 18.3 Å². The van der Waals surface area contributed by atoms with Crippen molar-refractivity contribution in [3.8, 4) is 0 Å². The molecule has 0 saturated heterocycles. The van der Waals surface area contributed by atoms with Gasteiger partial charge in [0.25, 0.3) is 0 Å². The molecule has 60 valence electrons. The molecular weight excluding hydrogens is 225 g/mol. The summed E-state index contributed by atoms with van der Waals surface area (Å²) < 4.78 is 0. The summed E-state index contributed by atoms with van der Waals surface area (Å²) >= 11 is 0. The lowest BCUT2D eigenvalue weighted by Gasteiger charge is -1.83. The lowest BCUT2D eigenvalue weighted by Crippen LogP contribution is -1.61. The minimum absolute atomic E-state index is 0. The Morgan fingerprint density at radius 1 is 1.00 bits per heavy atom. The van der Waals surface area contributed by atoms with E-state index in [4.69, 9.17) is 0 Å². The molecule has 0 aliphatic heterocycles. The molecule has 1 nitrogen and oxygen atoms in total.